The molecule has 1 unspecified atom stereocenters. The van der Waals surface area contributed by atoms with Crippen LogP contribution >= 0.6 is 0 Å². The molecule has 8 heteroatoms. The van der Waals surface area contributed by atoms with E-state index in [1.165, 1.54) is 12.1 Å². The van der Waals surface area contributed by atoms with E-state index in [0.29, 0.717) is 18.8 Å². The SMILES string of the molecule is CC1CN(C(=O)c2nnc(-c3ccc(F)cn3)o2)CC2(CCC2)O1. The zero-order valence-electron chi connectivity index (χ0n) is 13.2. The minimum atomic E-state index is -0.456. The Balaban J connectivity index is 1.53. The molecule has 7 nitrogen and oxygen atoms in total. The number of hydrogen-bond donors (Lipinski definition) is 0. The van der Waals surface area contributed by atoms with Crippen LogP contribution in [0.4, 0.5) is 4.39 Å². The van der Waals surface area contributed by atoms with E-state index >= 15 is 0 Å². The van der Waals surface area contributed by atoms with Gasteiger partial charge in [0.1, 0.15) is 11.5 Å². The smallest absolute Gasteiger partial charge is 0.311 e. The number of rotatable bonds is 2. The molecule has 1 spiro atoms. The molecular weight excluding hydrogens is 315 g/mol. The van der Waals surface area contributed by atoms with Gasteiger partial charge in [0.2, 0.25) is 0 Å². The summed E-state index contributed by atoms with van der Waals surface area (Å²) in [4.78, 5) is 18.3. The van der Waals surface area contributed by atoms with Gasteiger partial charge in [-0.25, -0.2) is 9.37 Å². The number of hydrogen-bond acceptors (Lipinski definition) is 6. The first kappa shape index (κ1) is 15.2. The Morgan fingerprint density at radius 3 is 2.88 bits per heavy atom. The van der Waals surface area contributed by atoms with Crippen LogP contribution in [0.25, 0.3) is 11.6 Å². The van der Waals surface area contributed by atoms with Crippen LogP contribution in [0.5, 0.6) is 0 Å². The number of morpholine rings is 1. The molecule has 1 amide bonds. The van der Waals surface area contributed by atoms with Crippen molar-refractivity contribution in [1.29, 1.82) is 0 Å². The summed E-state index contributed by atoms with van der Waals surface area (Å²) < 4.78 is 24.4. The van der Waals surface area contributed by atoms with Crippen LogP contribution in [-0.4, -0.2) is 50.8 Å². The fourth-order valence-corrected chi connectivity index (χ4v) is 3.28. The van der Waals surface area contributed by atoms with E-state index in [9.17, 15) is 9.18 Å². The molecule has 2 aliphatic rings. The summed E-state index contributed by atoms with van der Waals surface area (Å²) in [5.74, 6) is -0.752. The van der Waals surface area contributed by atoms with E-state index in [2.05, 4.69) is 15.2 Å². The molecule has 2 fully saturated rings. The van der Waals surface area contributed by atoms with E-state index in [1.54, 1.807) is 4.90 Å². The van der Waals surface area contributed by atoms with Crippen molar-refractivity contribution in [2.75, 3.05) is 13.1 Å². The number of ether oxygens (including phenoxy) is 1. The standard InChI is InChI=1S/C16H17FN4O3/c1-10-8-21(9-16(24-10)5-2-6-16)15(22)14-20-19-13(23-14)12-4-3-11(17)7-18-12/h3-4,7,10H,2,5-6,8-9H2,1H3. The Labute approximate surface area is 137 Å². The molecule has 0 bridgehead atoms. The van der Waals surface area contributed by atoms with Crippen molar-refractivity contribution in [3.63, 3.8) is 0 Å². The molecule has 126 valence electrons. The van der Waals surface area contributed by atoms with E-state index in [4.69, 9.17) is 9.15 Å². The maximum Gasteiger partial charge on any atom is 0.311 e. The molecule has 24 heavy (non-hydrogen) atoms. The summed E-state index contributed by atoms with van der Waals surface area (Å²) in [6.45, 7) is 3.00. The first-order chi connectivity index (χ1) is 11.5. The molecule has 2 aromatic heterocycles. The van der Waals surface area contributed by atoms with E-state index < -0.39 is 5.82 Å². The maximum absolute atomic E-state index is 12.9. The zero-order valence-corrected chi connectivity index (χ0v) is 13.2. The third-order valence-electron chi connectivity index (χ3n) is 4.51. The highest BCUT2D eigenvalue weighted by atomic mass is 19.1. The molecule has 1 aliphatic carbocycles. The largest absolute Gasteiger partial charge is 0.411 e. The summed E-state index contributed by atoms with van der Waals surface area (Å²) in [6.07, 6.45) is 4.09. The van der Waals surface area contributed by atoms with E-state index in [-0.39, 0.29) is 29.4 Å². The van der Waals surface area contributed by atoms with Crippen molar-refractivity contribution in [3.8, 4) is 11.6 Å². The first-order valence-corrected chi connectivity index (χ1v) is 7.97. The quantitative estimate of drug-likeness (QED) is 0.837. The van der Waals surface area contributed by atoms with Crippen molar-refractivity contribution in [2.24, 2.45) is 0 Å². The lowest BCUT2D eigenvalue weighted by molar-refractivity contribution is -0.176. The lowest BCUT2D eigenvalue weighted by Crippen LogP contribution is -2.59. The van der Waals surface area contributed by atoms with Gasteiger partial charge in [-0.1, -0.05) is 0 Å². The van der Waals surface area contributed by atoms with Crippen LogP contribution in [0.2, 0.25) is 0 Å². The van der Waals surface area contributed by atoms with Crippen LogP contribution < -0.4 is 0 Å². The second-order valence-corrected chi connectivity index (χ2v) is 6.42. The van der Waals surface area contributed by atoms with Gasteiger partial charge < -0.3 is 14.1 Å². The van der Waals surface area contributed by atoms with Gasteiger partial charge in [-0.3, -0.25) is 4.79 Å². The molecule has 0 N–H and O–H groups in total. The van der Waals surface area contributed by atoms with Crippen molar-refractivity contribution < 1.29 is 18.3 Å². The number of aromatic nitrogens is 3. The Kier molecular flexibility index (Phi) is 3.56. The first-order valence-electron chi connectivity index (χ1n) is 7.97. The number of pyridine rings is 1. The number of carbonyl (C=O) groups is 1. The summed E-state index contributed by atoms with van der Waals surface area (Å²) in [5.41, 5.74) is 0.114. The van der Waals surface area contributed by atoms with Crippen molar-refractivity contribution in [1.82, 2.24) is 20.1 Å². The molecule has 4 rings (SSSR count). The Bertz CT molecular complexity index is 757. The second-order valence-electron chi connectivity index (χ2n) is 6.42. The molecule has 0 aromatic carbocycles. The zero-order chi connectivity index (χ0) is 16.7. The predicted octanol–water partition coefficient (Wildman–Crippen LogP) is 2.05. The van der Waals surface area contributed by atoms with Crippen LogP contribution in [0, 0.1) is 5.82 Å². The number of halogens is 1. The monoisotopic (exact) mass is 332 g/mol. The molecule has 1 aliphatic heterocycles. The Morgan fingerprint density at radius 2 is 2.21 bits per heavy atom. The molecular formula is C16H17FN4O3. The highest BCUT2D eigenvalue weighted by Gasteiger charge is 2.46. The van der Waals surface area contributed by atoms with Crippen molar-refractivity contribution in [2.45, 2.75) is 37.9 Å². The molecule has 1 saturated heterocycles. The average Bonchev–Trinajstić information content (AvgIpc) is 3.02. The minimum absolute atomic E-state index is 0.0239. The molecule has 0 radical (unpaired) electrons. The lowest BCUT2D eigenvalue weighted by Gasteiger charge is -2.50. The fraction of sp³-hybridized carbons (Fsp3) is 0.500. The van der Waals surface area contributed by atoms with Gasteiger partial charge in [-0.05, 0) is 38.3 Å². The highest BCUT2D eigenvalue weighted by Crippen LogP contribution is 2.40. The third kappa shape index (κ3) is 2.66. The van der Waals surface area contributed by atoms with E-state index in [1.807, 2.05) is 6.92 Å². The minimum Gasteiger partial charge on any atom is -0.411 e. The highest BCUT2D eigenvalue weighted by molar-refractivity contribution is 5.90. The summed E-state index contributed by atoms with van der Waals surface area (Å²) in [5, 5.41) is 7.67. The van der Waals surface area contributed by atoms with Gasteiger partial charge in [0.05, 0.1) is 24.4 Å². The number of amides is 1. The summed E-state index contributed by atoms with van der Waals surface area (Å²) in [6, 6.07) is 2.68. The molecule has 2 aromatic rings. The normalized spacial score (nSPS) is 22.4. The van der Waals surface area contributed by atoms with Crippen molar-refractivity contribution >= 4 is 5.91 Å². The number of nitrogens with zero attached hydrogens (tertiary/aromatic N) is 4. The van der Waals surface area contributed by atoms with Crippen molar-refractivity contribution in [3.05, 3.63) is 30.0 Å². The van der Waals surface area contributed by atoms with E-state index in [0.717, 1.165) is 25.5 Å². The molecule has 1 atom stereocenters. The van der Waals surface area contributed by atoms with Gasteiger partial charge in [0, 0.05) is 6.54 Å². The predicted molar refractivity (Wildman–Crippen MR) is 80.5 cm³/mol. The Hall–Kier alpha value is -2.35. The van der Waals surface area contributed by atoms with Gasteiger partial charge >= 0.3 is 11.8 Å². The number of carbonyl (C=O) groups excluding carboxylic acids is 1. The van der Waals surface area contributed by atoms with Gasteiger partial charge in [-0.15, -0.1) is 10.2 Å². The van der Waals surface area contributed by atoms with Crippen LogP contribution in [-0.2, 0) is 4.74 Å². The topological polar surface area (TPSA) is 81.4 Å². The summed E-state index contributed by atoms with van der Waals surface area (Å²) >= 11 is 0. The second kappa shape index (κ2) is 5.62. The van der Waals surface area contributed by atoms with Gasteiger partial charge in [0.15, 0.2) is 0 Å². The van der Waals surface area contributed by atoms with Gasteiger partial charge in [0.25, 0.3) is 5.89 Å². The molecule has 3 heterocycles. The van der Waals surface area contributed by atoms with Crippen LogP contribution in [0.15, 0.2) is 22.7 Å². The maximum atomic E-state index is 12.9. The fourth-order valence-electron chi connectivity index (χ4n) is 3.28. The van der Waals surface area contributed by atoms with Gasteiger partial charge in [-0.2, -0.15) is 0 Å². The average molecular weight is 332 g/mol. The third-order valence-corrected chi connectivity index (χ3v) is 4.51. The van der Waals surface area contributed by atoms with Crippen LogP contribution in [0.3, 0.4) is 0 Å². The van der Waals surface area contributed by atoms with Crippen LogP contribution in [0.1, 0.15) is 36.9 Å². The summed E-state index contributed by atoms with van der Waals surface area (Å²) in [7, 11) is 0. The molecule has 1 saturated carbocycles. The Morgan fingerprint density at radius 1 is 1.38 bits per heavy atom. The lowest BCUT2D eigenvalue weighted by atomic mass is 9.78.